The second kappa shape index (κ2) is 9.98. The van der Waals surface area contributed by atoms with Crippen molar-refractivity contribution in [3.8, 4) is 11.1 Å². The lowest BCUT2D eigenvalue weighted by Crippen LogP contribution is -2.71. The third-order valence-electron chi connectivity index (χ3n) is 5.19. The Kier molecular flexibility index (Phi) is 7.47. The van der Waals surface area contributed by atoms with Crippen molar-refractivity contribution in [2.24, 2.45) is 0 Å². The second-order valence-corrected chi connectivity index (χ2v) is 7.90. The highest BCUT2D eigenvalue weighted by Crippen LogP contribution is 2.31. The maximum absolute atomic E-state index is 14.7. The Labute approximate surface area is 196 Å². The Morgan fingerprint density at radius 3 is 2.44 bits per heavy atom. The standard InChI is InChI=1S/C22H19ClF4N2O5/c1-33-18(30)17-14(3-2-4-15(17)23)13-6-5-12(16(24)9-13)7-8-28-19(31)21(10-34-11-21)29-20(32)22(25,26)27/h2-6,9H,7-8,10-11H2,1H3,(H,28,31)(H,29,32). The molecule has 0 atom stereocenters. The minimum atomic E-state index is -5.15. The van der Waals surface area contributed by atoms with E-state index in [9.17, 15) is 31.9 Å². The van der Waals surface area contributed by atoms with Gasteiger partial charge >= 0.3 is 18.1 Å². The zero-order chi connectivity index (χ0) is 25.1. The lowest BCUT2D eigenvalue weighted by molar-refractivity contribution is -0.183. The van der Waals surface area contributed by atoms with Gasteiger partial charge in [0.2, 0.25) is 0 Å². The van der Waals surface area contributed by atoms with Gasteiger partial charge in [0.25, 0.3) is 5.91 Å². The predicted octanol–water partition coefficient (Wildman–Crippen LogP) is 3.04. The largest absolute Gasteiger partial charge is 0.471 e. The molecule has 7 nitrogen and oxygen atoms in total. The molecule has 0 aromatic heterocycles. The highest BCUT2D eigenvalue weighted by atomic mass is 35.5. The molecule has 0 aliphatic carbocycles. The number of carbonyl (C=O) groups is 3. The first-order valence-electron chi connectivity index (χ1n) is 9.89. The van der Waals surface area contributed by atoms with Crippen LogP contribution in [0.25, 0.3) is 11.1 Å². The number of halogens is 5. The van der Waals surface area contributed by atoms with Crippen molar-refractivity contribution in [2.45, 2.75) is 18.1 Å². The average Bonchev–Trinajstić information content (AvgIpc) is 2.75. The van der Waals surface area contributed by atoms with E-state index in [0.717, 1.165) is 0 Å². The van der Waals surface area contributed by atoms with E-state index < -0.39 is 48.5 Å². The van der Waals surface area contributed by atoms with Gasteiger partial charge < -0.3 is 20.1 Å². The van der Waals surface area contributed by atoms with E-state index in [4.69, 9.17) is 21.1 Å². The van der Waals surface area contributed by atoms with Crippen LogP contribution >= 0.6 is 11.6 Å². The Morgan fingerprint density at radius 2 is 1.88 bits per heavy atom. The van der Waals surface area contributed by atoms with Crippen molar-refractivity contribution in [1.82, 2.24) is 10.6 Å². The molecule has 2 N–H and O–H groups in total. The van der Waals surface area contributed by atoms with Gasteiger partial charge in [-0.2, -0.15) is 13.2 Å². The van der Waals surface area contributed by atoms with Crippen LogP contribution in [-0.2, 0) is 25.5 Å². The van der Waals surface area contributed by atoms with Crippen molar-refractivity contribution >= 4 is 29.4 Å². The number of hydrogen-bond donors (Lipinski definition) is 2. The molecule has 2 aromatic carbocycles. The van der Waals surface area contributed by atoms with Crippen molar-refractivity contribution < 1.29 is 41.4 Å². The summed E-state index contributed by atoms with van der Waals surface area (Å²) >= 11 is 6.10. The molecule has 1 saturated heterocycles. The monoisotopic (exact) mass is 502 g/mol. The topological polar surface area (TPSA) is 93.7 Å². The van der Waals surface area contributed by atoms with Gasteiger partial charge in [0.1, 0.15) is 5.82 Å². The van der Waals surface area contributed by atoms with Crippen LogP contribution in [0, 0.1) is 5.82 Å². The molecule has 182 valence electrons. The molecule has 1 fully saturated rings. The molecule has 0 saturated carbocycles. The Morgan fingerprint density at radius 1 is 1.18 bits per heavy atom. The smallest absolute Gasteiger partial charge is 0.465 e. The summed E-state index contributed by atoms with van der Waals surface area (Å²) in [5.74, 6) is -4.43. The second-order valence-electron chi connectivity index (χ2n) is 7.49. The van der Waals surface area contributed by atoms with E-state index in [0.29, 0.717) is 11.1 Å². The minimum absolute atomic E-state index is 0.0153. The van der Waals surface area contributed by atoms with Gasteiger partial charge in [-0.25, -0.2) is 9.18 Å². The summed E-state index contributed by atoms with van der Waals surface area (Å²) in [7, 11) is 1.20. The SMILES string of the molecule is COC(=O)c1c(Cl)cccc1-c1ccc(CCNC(=O)C2(NC(=O)C(F)(F)F)COC2)c(F)c1. The van der Waals surface area contributed by atoms with E-state index in [1.807, 2.05) is 0 Å². The summed E-state index contributed by atoms with van der Waals surface area (Å²) in [6.45, 7) is -0.930. The van der Waals surface area contributed by atoms with Crippen LogP contribution in [0.5, 0.6) is 0 Å². The highest BCUT2D eigenvalue weighted by molar-refractivity contribution is 6.34. The molecule has 1 heterocycles. The first-order chi connectivity index (χ1) is 16.0. The summed E-state index contributed by atoms with van der Waals surface area (Å²) in [6, 6.07) is 8.89. The normalized spacial score (nSPS) is 14.6. The summed E-state index contributed by atoms with van der Waals surface area (Å²) in [5.41, 5.74) is -0.797. The molecule has 1 aliphatic heterocycles. The summed E-state index contributed by atoms with van der Waals surface area (Å²) in [4.78, 5) is 35.7. The molecule has 3 rings (SSSR count). The number of esters is 1. The number of hydrogen-bond acceptors (Lipinski definition) is 5. The number of rotatable bonds is 7. The fourth-order valence-electron chi connectivity index (χ4n) is 3.33. The van der Waals surface area contributed by atoms with Crippen LogP contribution in [0.3, 0.4) is 0 Å². The van der Waals surface area contributed by atoms with Crippen LogP contribution in [0.15, 0.2) is 36.4 Å². The lowest BCUT2D eigenvalue weighted by atomic mass is 9.95. The number of alkyl halides is 3. The van der Waals surface area contributed by atoms with Gasteiger partial charge in [-0.05, 0) is 35.2 Å². The molecular weight excluding hydrogens is 484 g/mol. The zero-order valence-corrected chi connectivity index (χ0v) is 18.5. The van der Waals surface area contributed by atoms with Crippen LogP contribution < -0.4 is 10.6 Å². The average molecular weight is 503 g/mol. The number of amides is 2. The van der Waals surface area contributed by atoms with Crippen LogP contribution in [-0.4, -0.2) is 56.4 Å². The van der Waals surface area contributed by atoms with E-state index in [1.165, 1.54) is 25.3 Å². The van der Waals surface area contributed by atoms with E-state index in [2.05, 4.69) is 5.32 Å². The van der Waals surface area contributed by atoms with Crippen molar-refractivity contribution in [3.05, 3.63) is 58.4 Å². The van der Waals surface area contributed by atoms with Gasteiger partial charge in [0.15, 0.2) is 5.54 Å². The molecule has 2 aromatic rings. The van der Waals surface area contributed by atoms with Crippen molar-refractivity contribution in [2.75, 3.05) is 26.9 Å². The van der Waals surface area contributed by atoms with Gasteiger partial charge in [-0.3, -0.25) is 9.59 Å². The van der Waals surface area contributed by atoms with Crippen molar-refractivity contribution in [1.29, 1.82) is 0 Å². The molecule has 12 heteroatoms. The molecule has 2 amide bonds. The van der Waals surface area contributed by atoms with Crippen LogP contribution in [0.4, 0.5) is 17.6 Å². The first-order valence-corrected chi connectivity index (χ1v) is 10.3. The summed E-state index contributed by atoms with van der Waals surface area (Å²) in [5, 5.41) is 4.19. The van der Waals surface area contributed by atoms with E-state index >= 15 is 0 Å². The Bertz CT molecular complexity index is 1120. The fraction of sp³-hybridized carbons (Fsp3) is 0.318. The maximum Gasteiger partial charge on any atom is 0.471 e. The van der Waals surface area contributed by atoms with Crippen molar-refractivity contribution in [3.63, 3.8) is 0 Å². The molecule has 0 unspecified atom stereocenters. The molecule has 0 bridgehead atoms. The molecule has 0 spiro atoms. The van der Waals surface area contributed by atoms with Crippen LogP contribution in [0.2, 0.25) is 5.02 Å². The maximum atomic E-state index is 14.7. The number of carbonyl (C=O) groups excluding carboxylic acids is 3. The summed E-state index contributed by atoms with van der Waals surface area (Å²) < 4.78 is 61.9. The third kappa shape index (κ3) is 5.31. The van der Waals surface area contributed by atoms with Crippen LogP contribution in [0.1, 0.15) is 15.9 Å². The summed E-state index contributed by atoms with van der Waals surface area (Å²) in [6.07, 6.45) is -5.13. The minimum Gasteiger partial charge on any atom is -0.465 e. The number of ether oxygens (including phenoxy) is 2. The van der Waals surface area contributed by atoms with Gasteiger partial charge in [0, 0.05) is 6.54 Å². The van der Waals surface area contributed by atoms with Gasteiger partial charge in [-0.15, -0.1) is 0 Å². The fourth-order valence-corrected chi connectivity index (χ4v) is 3.58. The quantitative estimate of drug-likeness (QED) is 0.448. The number of benzene rings is 2. The third-order valence-corrected chi connectivity index (χ3v) is 5.50. The molecule has 0 radical (unpaired) electrons. The van der Waals surface area contributed by atoms with Gasteiger partial charge in [-0.1, -0.05) is 35.9 Å². The highest BCUT2D eigenvalue weighted by Gasteiger charge is 2.52. The number of methoxy groups -OCH3 is 1. The number of nitrogens with one attached hydrogen (secondary N) is 2. The zero-order valence-electron chi connectivity index (χ0n) is 17.7. The first kappa shape index (κ1) is 25.4. The van der Waals surface area contributed by atoms with E-state index in [-0.39, 0.29) is 29.1 Å². The Hall–Kier alpha value is -3.18. The molecule has 1 aliphatic rings. The van der Waals surface area contributed by atoms with Gasteiger partial charge in [0.05, 0.1) is 30.9 Å². The van der Waals surface area contributed by atoms with E-state index in [1.54, 1.807) is 23.5 Å². The lowest BCUT2D eigenvalue weighted by Gasteiger charge is -2.40. The predicted molar refractivity (Wildman–Crippen MR) is 113 cm³/mol. The Balaban J connectivity index is 1.68. The molecular formula is C22H19ClF4N2O5. The molecule has 34 heavy (non-hydrogen) atoms.